The van der Waals surface area contributed by atoms with Crippen LogP contribution in [0.2, 0.25) is 0 Å². The predicted octanol–water partition coefficient (Wildman–Crippen LogP) is 2.37. The van der Waals surface area contributed by atoms with Crippen LogP contribution in [0.1, 0.15) is 53.0 Å². The van der Waals surface area contributed by atoms with Gasteiger partial charge in [-0.15, -0.1) is 0 Å². The summed E-state index contributed by atoms with van der Waals surface area (Å²) in [4.78, 5) is 6.92. The van der Waals surface area contributed by atoms with Gasteiger partial charge in [0.2, 0.25) is 0 Å². The number of hydrogen-bond acceptors (Lipinski definition) is 4. The Labute approximate surface area is 134 Å². The van der Waals surface area contributed by atoms with E-state index in [9.17, 15) is 0 Å². The summed E-state index contributed by atoms with van der Waals surface area (Å²) in [6, 6.07) is 2.85. The maximum absolute atomic E-state index is 6.12. The van der Waals surface area contributed by atoms with E-state index in [0.29, 0.717) is 6.04 Å². The van der Waals surface area contributed by atoms with Crippen LogP contribution >= 0.6 is 0 Å². The van der Waals surface area contributed by atoms with Gasteiger partial charge < -0.3 is 9.31 Å². The van der Waals surface area contributed by atoms with Crippen LogP contribution in [0.15, 0.2) is 18.5 Å². The highest BCUT2D eigenvalue weighted by Crippen LogP contribution is 2.36. The summed E-state index contributed by atoms with van der Waals surface area (Å²) in [6.07, 6.45) is 6.41. The van der Waals surface area contributed by atoms with Crippen LogP contribution in [0.4, 0.5) is 0 Å². The lowest BCUT2D eigenvalue weighted by atomic mass is 9.80. The lowest BCUT2D eigenvalue weighted by Crippen LogP contribution is -2.41. The fourth-order valence-corrected chi connectivity index (χ4v) is 3.16. The summed E-state index contributed by atoms with van der Waals surface area (Å²) in [5.74, 6) is 0. The number of aromatic nitrogens is 1. The van der Waals surface area contributed by atoms with E-state index in [1.54, 1.807) is 0 Å². The van der Waals surface area contributed by atoms with Gasteiger partial charge in [0.1, 0.15) is 0 Å². The minimum Gasteiger partial charge on any atom is -0.399 e. The van der Waals surface area contributed by atoms with Crippen molar-refractivity contribution in [1.29, 1.82) is 0 Å². The maximum Gasteiger partial charge on any atom is 0.496 e. The van der Waals surface area contributed by atoms with E-state index in [0.717, 1.165) is 12.0 Å². The lowest BCUT2D eigenvalue weighted by molar-refractivity contribution is 0.00578. The molecule has 0 saturated carbocycles. The highest BCUT2D eigenvalue weighted by Gasteiger charge is 2.51. The number of hydrogen-bond donors (Lipinski definition) is 0. The Kier molecular flexibility index (Phi) is 4.08. The third kappa shape index (κ3) is 2.94. The predicted molar refractivity (Wildman–Crippen MR) is 89.1 cm³/mol. The molecule has 1 aromatic rings. The summed E-state index contributed by atoms with van der Waals surface area (Å²) in [7, 11) is -0.326. The molecular formula is C17H27BN2O2. The van der Waals surface area contributed by atoms with E-state index in [1.165, 1.54) is 24.9 Å². The summed E-state index contributed by atoms with van der Waals surface area (Å²) < 4.78 is 12.2. The molecule has 22 heavy (non-hydrogen) atoms. The molecule has 0 unspecified atom stereocenters. The van der Waals surface area contributed by atoms with Crippen molar-refractivity contribution in [1.82, 2.24) is 9.88 Å². The highest BCUT2D eigenvalue weighted by molar-refractivity contribution is 6.62. The quantitative estimate of drug-likeness (QED) is 0.803. The molecule has 4 nitrogen and oxygen atoms in total. The molecule has 0 spiro atoms. The summed E-state index contributed by atoms with van der Waals surface area (Å²) in [6.45, 7) is 12.8. The fourth-order valence-electron chi connectivity index (χ4n) is 3.16. The molecule has 2 fully saturated rings. The molecule has 120 valence electrons. The standard InChI is InChI=1S/C17H27BN2O2/c1-13-7-6-8-20(13)12-14-9-15(11-19-10-14)18-21-16(2,3)17(4,5)22-18/h9-11,13H,6-8,12H2,1-5H3/t13-/m1/s1. The molecule has 0 aliphatic carbocycles. The molecule has 0 aromatic carbocycles. The second-order valence-electron chi connectivity index (χ2n) is 7.68. The van der Waals surface area contributed by atoms with Crippen LogP contribution in [0.3, 0.4) is 0 Å². The first-order valence-electron chi connectivity index (χ1n) is 8.32. The van der Waals surface area contributed by atoms with Crippen LogP contribution in [-0.4, -0.2) is 40.8 Å². The Morgan fingerprint density at radius 2 is 1.91 bits per heavy atom. The molecule has 1 aromatic heterocycles. The SMILES string of the molecule is C[C@@H]1CCCN1Cc1cncc(B2OC(C)(C)C(C)(C)O2)c1. The molecule has 0 bridgehead atoms. The Morgan fingerprint density at radius 3 is 2.50 bits per heavy atom. The van der Waals surface area contributed by atoms with Crippen LogP contribution in [0, 0.1) is 0 Å². The van der Waals surface area contributed by atoms with E-state index >= 15 is 0 Å². The van der Waals surface area contributed by atoms with Gasteiger partial charge in [0.05, 0.1) is 11.2 Å². The molecule has 3 rings (SSSR count). The molecule has 2 saturated heterocycles. The number of pyridine rings is 1. The summed E-state index contributed by atoms with van der Waals surface area (Å²) >= 11 is 0. The zero-order valence-electron chi connectivity index (χ0n) is 14.4. The van der Waals surface area contributed by atoms with E-state index in [-0.39, 0.29) is 18.3 Å². The minimum absolute atomic E-state index is 0.308. The van der Waals surface area contributed by atoms with Crippen LogP contribution < -0.4 is 5.46 Å². The number of nitrogens with zero attached hydrogens (tertiary/aromatic N) is 2. The van der Waals surface area contributed by atoms with Crippen molar-refractivity contribution in [3.05, 3.63) is 24.0 Å². The van der Waals surface area contributed by atoms with Gasteiger partial charge in [0.15, 0.2) is 0 Å². The Bertz CT molecular complexity index is 531. The van der Waals surface area contributed by atoms with Crippen LogP contribution in [-0.2, 0) is 15.9 Å². The molecule has 0 radical (unpaired) electrons. The second kappa shape index (κ2) is 5.62. The van der Waals surface area contributed by atoms with Crippen molar-refractivity contribution < 1.29 is 9.31 Å². The van der Waals surface area contributed by atoms with Gasteiger partial charge in [0.25, 0.3) is 0 Å². The van der Waals surface area contributed by atoms with Crippen LogP contribution in [0.5, 0.6) is 0 Å². The van der Waals surface area contributed by atoms with E-state index < -0.39 is 0 Å². The van der Waals surface area contributed by atoms with Crippen LogP contribution in [0.25, 0.3) is 0 Å². The Morgan fingerprint density at radius 1 is 1.23 bits per heavy atom. The first-order chi connectivity index (χ1) is 10.3. The number of rotatable bonds is 3. The summed E-state index contributed by atoms with van der Waals surface area (Å²) in [5.41, 5.74) is 1.64. The largest absolute Gasteiger partial charge is 0.496 e. The average Bonchev–Trinajstić information content (AvgIpc) is 2.92. The van der Waals surface area contributed by atoms with Crippen molar-refractivity contribution in [3.63, 3.8) is 0 Å². The van der Waals surface area contributed by atoms with Crippen molar-refractivity contribution in [3.8, 4) is 0 Å². The first kappa shape index (κ1) is 16.0. The molecule has 2 aliphatic heterocycles. The molecule has 2 aliphatic rings. The monoisotopic (exact) mass is 302 g/mol. The second-order valence-corrected chi connectivity index (χ2v) is 7.68. The highest BCUT2D eigenvalue weighted by atomic mass is 16.7. The molecular weight excluding hydrogens is 275 g/mol. The van der Waals surface area contributed by atoms with Gasteiger partial charge in [-0.1, -0.05) is 6.07 Å². The van der Waals surface area contributed by atoms with Crippen molar-refractivity contribution in [2.75, 3.05) is 6.54 Å². The zero-order chi connectivity index (χ0) is 16.0. The van der Waals surface area contributed by atoms with Gasteiger partial charge in [-0.05, 0) is 59.6 Å². The third-order valence-electron chi connectivity index (χ3n) is 5.42. The normalized spacial score (nSPS) is 27.5. The van der Waals surface area contributed by atoms with Gasteiger partial charge in [-0.25, -0.2) is 0 Å². The Hall–Kier alpha value is -0.905. The zero-order valence-corrected chi connectivity index (χ0v) is 14.4. The Balaban J connectivity index is 1.75. The van der Waals surface area contributed by atoms with E-state index in [2.05, 4.69) is 50.6 Å². The van der Waals surface area contributed by atoms with Gasteiger partial charge >= 0.3 is 7.12 Å². The topological polar surface area (TPSA) is 34.6 Å². The van der Waals surface area contributed by atoms with Crippen molar-refractivity contribution in [2.45, 2.75) is 71.2 Å². The molecule has 3 heterocycles. The lowest BCUT2D eigenvalue weighted by Gasteiger charge is -2.32. The molecule has 5 heteroatoms. The first-order valence-corrected chi connectivity index (χ1v) is 8.32. The van der Waals surface area contributed by atoms with E-state index in [1.807, 2.05) is 12.4 Å². The average molecular weight is 302 g/mol. The van der Waals surface area contributed by atoms with E-state index in [4.69, 9.17) is 9.31 Å². The maximum atomic E-state index is 6.12. The van der Waals surface area contributed by atoms with Gasteiger partial charge in [0, 0.05) is 30.4 Å². The molecule has 0 amide bonds. The molecule has 1 atom stereocenters. The number of likely N-dealkylation sites (tertiary alicyclic amines) is 1. The van der Waals surface area contributed by atoms with Crippen molar-refractivity contribution >= 4 is 12.6 Å². The smallest absolute Gasteiger partial charge is 0.399 e. The van der Waals surface area contributed by atoms with Crippen molar-refractivity contribution in [2.24, 2.45) is 0 Å². The van der Waals surface area contributed by atoms with Gasteiger partial charge in [-0.3, -0.25) is 9.88 Å². The molecule has 0 N–H and O–H groups in total. The summed E-state index contributed by atoms with van der Waals surface area (Å²) in [5, 5.41) is 0. The third-order valence-corrected chi connectivity index (χ3v) is 5.42. The minimum atomic E-state index is -0.326. The fraction of sp³-hybridized carbons (Fsp3) is 0.706. The van der Waals surface area contributed by atoms with Gasteiger partial charge in [-0.2, -0.15) is 0 Å².